The highest BCUT2D eigenvalue weighted by Gasteiger charge is 2.15. The first-order valence-electron chi connectivity index (χ1n) is 8.50. The summed E-state index contributed by atoms with van der Waals surface area (Å²) in [6, 6.07) is 13.0. The number of ether oxygens (including phenoxy) is 1. The normalized spacial score (nSPS) is 11.4. The van der Waals surface area contributed by atoms with Gasteiger partial charge in [-0.05, 0) is 30.3 Å². The first-order valence-corrected chi connectivity index (χ1v) is 10.2. The number of nitrogens with zero attached hydrogens (tertiary/aromatic N) is 4. The number of hydrogen-bond acceptors (Lipinski definition) is 6. The summed E-state index contributed by atoms with van der Waals surface area (Å²) in [4.78, 5) is 9.15. The van der Waals surface area contributed by atoms with Crippen molar-refractivity contribution < 1.29 is 9.26 Å². The molecule has 0 fully saturated rings. The van der Waals surface area contributed by atoms with Gasteiger partial charge in [0.05, 0.1) is 23.4 Å². The third-order valence-corrected chi connectivity index (χ3v) is 5.50. The molecular formula is C19H16Cl2N4O2S. The van der Waals surface area contributed by atoms with Crippen LogP contribution < -0.4 is 0 Å². The molecule has 0 aliphatic carbocycles. The van der Waals surface area contributed by atoms with Gasteiger partial charge < -0.3 is 13.8 Å². The third kappa shape index (κ3) is 4.17. The van der Waals surface area contributed by atoms with E-state index in [4.69, 9.17) is 37.4 Å². The Morgan fingerprint density at radius 1 is 1.11 bits per heavy atom. The molecule has 0 radical (unpaired) electrons. The summed E-state index contributed by atoms with van der Waals surface area (Å²) < 4.78 is 12.7. The number of halogens is 2. The summed E-state index contributed by atoms with van der Waals surface area (Å²) in [5, 5.41) is 6.17. The number of benzene rings is 2. The molecule has 2 aromatic heterocycles. The number of fused-ring (bicyclic) bond motifs is 1. The van der Waals surface area contributed by atoms with Crippen LogP contribution in [0.15, 0.2) is 52.1 Å². The van der Waals surface area contributed by atoms with E-state index in [1.165, 1.54) is 11.8 Å². The van der Waals surface area contributed by atoms with E-state index >= 15 is 0 Å². The molecule has 0 amide bonds. The zero-order valence-electron chi connectivity index (χ0n) is 14.9. The van der Waals surface area contributed by atoms with Gasteiger partial charge in [-0.1, -0.05) is 52.3 Å². The monoisotopic (exact) mass is 434 g/mol. The van der Waals surface area contributed by atoms with Crippen LogP contribution in [0.3, 0.4) is 0 Å². The fraction of sp³-hybridized carbons (Fsp3) is 0.211. The fourth-order valence-electron chi connectivity index (χ4n) is 2.77. The molecule has 28 heavy (non-hydrogen) atoms. The lowest BCUT2D eigenvalue weighted by atomic mass is 10.2. The molecule has 9 heteroatoms. The van der Waals surface area contributed by atoms with Crippen molar-refractivity contribution in [3.8, 4) is 11.4 Å². The van der Waals surface area contributed by atoms with Crippen LogP contribution >= 0.6 is 35.0 Å². The Labute approximate surface area is 175 Å². The lowest BCUT2D eigenvalue weighted by molar-refractivity contribution is 0.186. The van der Waals surface area contributed by atoms with E-state index in [0.29, 0.717) is 40.7 Å². The second kappa shape index (κ2) is 8.53. The van der Waals surface area contributed by atoms with Crippen molar-refractivity contribution in [2.45, 2.75) is 17.5 Å². The quantitative estimate of drug-likeness (QED) is 0.366. The van der Waals surface area contributed by atoms with E-state index in [1.54, 1.807) is 19.2 Å². The summed E-state index contributed by atoms with van der Waals surface area (Å²) in [5.74, 6) is 1.53. The molecule has 0 N–H and O–H groups in total. The van der Waals surface area contributed by atoms with E-state index in [1.807, 2.05) is 30.3 Å². The molecule has 4 aromatic rings. The minimum Gasteiger partial charge on any atom is -0.383 e. The van der Waals surface area contributed by atoms with E-state index in [9.17, 15) is 0 Å². The average molecular weight is 435 g/mol. The highest BCUT2D eigenvalue weighted by atomic mass is 35.5. The molecule has 0 saturated carbocycles. The van der Waals surface area contributed by atoms with Gasteiger partial charge in [-0.2, -0.15) is 4.98 Å². The van der Waals surface area contributed by atoms with Crippen LogP contribution in [0, 0.1) is 0 Å². The van der Waals surface area contributed by atoms with Gasteiger partial charge in [0.2, 0.25) is 11.7 Å². The molecule has 0 unspecified atom stereocenters. The number of methoxy groups -OCH3 is 1. The van der Waals surface area contributed by atoms with Gasteiger partial charge >= 0.3 is 0 Å². The lowest BCUT2D eigenvalue weighted by Crippen LogP contribution is -2.05. The maximum atomic E-state index is 6.11. The second-order valence-corrected chi connectivity index (χ2v) is 7.80. The van der Waals surface area contributed by atoms with Crippen LogP contribution in [-0.2, 0) is 17.0 Å². The summed E-state index contributed by atoms with van der Waals surface area (Å²) in [6.45, 7) is 1.27. The first kappa shape index (κ1) is 19.3. The van der Waals surface area contributed by atoms with Gasteiger partial charge in [0, 0.05) is 29.3 Å². The first-order chi connectivity index (χ1) is 13.6. The van der Waals surface area contributed by atoms with Crippen molar-refractivity contribution in [3.63, 3.8) is 0 Å². The SMILES string of the molecule is COCCn1c(SCc2nc(-c3cccc(Cl)c3)no2)nc2cc(Cl)ccc21. The number of imidazole rings is 1. The summed E-state index contributed by atoms with van der Waals surface area (Å²) in [5.41, 5.74) is 2.67. The Morgan fingerprint density at radius 2 is 1.96 bits per heavy atom. The predicted molar refractivity (Wildman–Crippen MR) is 111 cm³/mol. The Hall–Kier alpha value is -2.06. The van der Waals surface area contributed by atoms with Crippen LogP contribution in [-0.4, -0.2) is 33.4 Å². The minimum atomic E-state index is 0.498. The highest BCUT2D eigenvalue weighted by Crippen LogP contribution is 2.29. The molecule has 0 atom stereocenters. The summed E-state index contributed by atoms with van der Waals surface area (Å²) in [7, 11) is 1.68. The largest absolute Gasteiger partial charge is 0.383 e. The Bertz CT molecular complexity index is 1110. The van der Waals surface area contributed by atoms with E-state index in [0.717, 1.165) is 21.8 Å². The molecule has 6 nitrogen and oxygen atoms in total. The van der Waals surface area contributed by atoms with Gasteiger partial charge in [0.25, 0.3) is 0 Å². The van der Waals surface area contributed by atoms with Crippen molar-refractivity contribution in [2.24, 2.45) is 0 Å². The molecule has 0 saturated heterocycles. The summed E-state index contributed by atoms with van der Waals surface area (Å²) >= 11 is 13.7. The molecule has 0 aliphatic rings. The number of aromatic nitrogens is 4. The summed E-state index contributed by atoms with van der Waals surface area (Å²) in [6.07, 6.45) is 0. The average Bonchev–Trinajstić information content (AvgIpc) is 3.29. The molecular weight excluding hydrogens is 419 g/mol. The zero-order chi connectivity index (χ0) is 19.5. The maximum absolute atomic E-state index is 6.11. The zero-order valence-corrected chi connectivity index (χ0v) is 17.3. The smallest absolute Gasteiger partial charge is 0.237 e. The maximum Gasteiger partial charge on any atom is 0.237 e. The van der Waals surface area contributed by atoms with E-state index in [2.05, 4.69) is 14.7 Å². The molecule has 2 heterocycles. The number of rotatable bonds is 7. The molecule has 0 spiro atoms. The van der Waals surface area contributed by atoms with Crippen molar-refractivity contribution >= 4 is 46.0 Å². The van der Waals surface area contributed by atoms with Crippen molar-refractivity contribution in [1.29, 1.82) is 0 Å². The Morgan fingerprint density at radius 3 is 2.79 bits per heavy atom. The fourth-order valence-corrected chi connectivity index (χ4v) is 4.01. The topological polar surface area (TPSA) is 66.0 Å². The van der Waals surface area contributed by atoms with Crippen LogP contribution in [0.4, 0.5) is 0 Å². The standard InChI is InChI=1S/C19H16Cl2N4O2S/c1-26-8-7-25-16-6-5-14(21)10-15(16)22-19(25)28-11-17-23-18(24-27-17)12-3-2-4-13(20)9-12/h2-6,9-10H,7-8,11H2,1H3. The number of hydrogen-bond donors (Lipinski definition) is 0. The van der Waals surface area contributed by atoms with Crippen molar-refractivity contribution in [1.82, 2.24) is 19.7 Å². The van der Waals surface area contributed by atoms with Crippen LogP contribution in [0.25, 0.3) is 22.4 Å². The number of thioether (sulfide) groups is 1. The van der Waals surface area contributed by atoms with Gasteiger partial charge in [0.1, 0.15) is 0 Å². The minimum absolute atomic E-state index is 0.498. The molecule has 0 bridgehead atoms. The van der Waals surface area contributed by atoms with Gasteiger partial charge in [-0.25, -0.2) is 4.98 Å². The van der Waals surface area contributed by atoms with E-state index in [-0.39, 0.29) is 0 Å². The molecule has 4 rings (SSSR count). The second-order valence-electron chi connectivity index (χ2n) is 5.98. The van der Waals surface area contributed by atoms with E-state index < -0.39 is 0 Å². The molecule has 144 valence electrons. The van der Waals surface area contributed by atoms with Crippen LogP contribution in [0.1, 0.15) is 5.89 Å². The Balaban J connectivity index is 1.55. The van der Waals surface area contributed by atoms with Gasteiger partial charge in [-0.3, -0.25) is 0 Å². The van der Waals surface area contributed by atoms with Crippen molar-refractivity contribution in [2.75, 3.05) is 13.7 Å². The predicted octanol–water partition coefficient (Wildman–Crippen LogP) is 5.33. The van der Waals surface area contributed by atoms with Gasteiger partial charge in [-0.15, -0.1) is 0 Å². The van der Waals surface area contributed by atoms with Crippen LogP contribution in [0.2, 0.25) is 10.0 Å². The van der Waals surface area contributed by atoms with Gasteiger partial charge in [0.15, 0.2) is 5.16 Å². The third-order valence-electron chi connectivity index (χ3n) is 4.07. The highest BCUT2D eigenvalue weighted by molar-refractivity contribution is 7.98. The Kier molecular flexibility index (Phi) is 5.87. The molecule has 0 aliphatic heterocycles. The lowest BCUT2D eigenvalue weighted by Gasteiger charge is -2.07. The van der Waals surface area contributed by atoms with Crippen molar-refractivity contribution in [3.05, 3.63) is 58.4 Å². The molecule has 2 aromatic carbocycles. The van der Waals surface area contributed by atoms with Crippen LogP contribution in [0.5, 0.6) is 0 Å².